The highest BCUT2D eigenvalue weighted by molar-refractivity contribution is 7.19. The van der Waals surface area contributed by atoms with Gasteiger partial charge in [0.1, 0.15) is 22.3 Å². The maximum atomic E-state index is 13.4. The molecule has 112 valence electrons. The van der Waals surface area contributed by atoms with Crippen LogP contribution < -0.4 is 5.32 Å². The summed E-state index contributed by atoms with van der Waals surface area (Å²) in [6.07, 6.45) is 4.68. The van der Waals surface area contributed by atoms with Crippen molar-refractivity contribution in [2.24, 2.45) is 0 Å². The molecular weight excluding hydrogens is 297 g/mol. The van der Waals surface area contributed by atoms with Crippen LogP contribution in [0.25, 0.3) is 10.2 Å². The van der Waals surface area contributed by atoms with Crippen molar-refractivity contribution in [1.82, 2.24) is 9.97 Å². The SMILES string of the molecule is Cc1nc(Nc2cccc(F)c2)c2c3c(sc2n1)CCCC3. The molecular formula is C17H16FN3S. The molecule has 1 aromatic carbocycles. The summed E-state index contributed by atoms with van der Waals surface area (Å²) in [4.78, 5) is 11.6. The Morgan fingerprint density at radius 3 is 2.91 bits per heavy atom. The van der Waals surface area contributed by atoms with Crippen LogP contribution in [0, 0.1) is 12.7 Å². The number of aromatic nitrogens is 2. The zero-order valence-corrected chi connectivity index (χ0v) is 13.1. The second kappa shape index (κ2) is 5.32. The molecule has 5 heteroatoms. The van der Waals surface area contributed by atoms with Crippen LogP contribution in [0.2, 0.25) is 0 Å². The molecule has 0 fully saturated rings. The van der Waals surface area contributed by atoms with E-state index < -0.39 is 0 Å². The molecule has 0 atom stereocenters. The molecule has 0 saturated heterocycles. The van der Waals surface area contributed by atoms with Gasteiger partial charge >= 0.3 is 0 Å². The largest absolute Gasteiger partial charge is 0.339 e. The molecule has 0 spiro atoms. The van der Waals surface area contributed by atoms with Crippen LogP contribution in [0.5, 0.6) is 0 Å². The van der Waals surface area contributed by atoms with E-state index in [0.717, 1.165) is 40.4 Å². The third-order valence-electron chi connectivity index (χ3n) is 4.01. The van der Waals surface area contributed by atoms with Gasteiger partial charge in [0.05, 0.1) is 5.39 Å². The monoisotopic (exact) mass is 313 g/mol. The standard InChI is InChI=1S/C17H16FN3S/c1-10-19-16(21-12-6-4-5-11(18)9-12)15-13-7-2-3-8-14(13)22-17(15)20-10/h4-6,9H,2-3,7-8H2,1H3,(H,19,20,21). The molecule has 4 rings (SSSR count). The van der Waals surface area contributed by atoms with Crippen molar-refractivity contribution in [3.05, 3.63) is 46.3 Å². The number of hydrogen-bond acceptors (Lipinski definition) is 4. The summed E-state index contributed by atoms with van der Waals surface area (Å²) < 4.78 is 13.4. The number of nitrogens with zero attached hydrogens (tertiary/aromatic N) is 2. The van der Waals surface area contributed by atoms with Gasteiger partial charge in [0, 0.05) is 10.6 Å². The van der Waals surface area contributed by atoms with E-state index in [1.807, 2.05) is 13.0 Å². The van der Waals surface area contributed by atoms with Gasteiger partial charge in [-0.05, 0) is 56.4 Å². The summed E-state index contributed by atoms with van der Waals surface area (Å²) in [5.74, 6) is 1.29. The zero-order chi connectivity index (χ0) is 15.1. The molecule has 0 saturated carbocycles. The predicted octanol–water partition coefficient (Wildman–Crippen LogP) is 4.76. The van der Waals surface area contributed by atoms with E-state index in [1.165, 1.54) is 35.4 Å². The first-order valence-corrected chi connectivity index (χ1v) is 8.34. The second-order valence-electron chi connectivity index (χ2n) is 5.65. The fourth-order valence-corrected chi connectivity index (χ4v) is 4.36. The minimum atomic E-state index is -0.251. The number of benzene rings is 1. The Morgan fingerprint density at radius 1 is 1.18 bits per heavy atom. The van der Waals surface area contributed by atoms with Gasteiger partial charge in [0.2, 0.25) is 0 Å². The van der Waals surface area contributed by atoms with Crippen molar-refractivity contribution >= 4 is 33.1 Å². The third-order valence-corrected chi connectivity index (χ3v) is 5.20. The molecule has 1 N–H and O–H groups in total. The van der Waals surface area contributed by atoms with E-state index in [-0.39, 0.29) is 5.82 Å². The Morgan fingerprint density at radius 2 is 2.05 bits per heavy atom. The number of thiophene rings is 1. The van der Waals surface area contributed by atoms with Crippen molar-refractivity contribution < 1.29 is 4.39 Å². The first-order valence-electron chi connectivity index (χ1n) is 7.52. The molecule has 1 aliphatic carbocycles. The Hall–Kier alpha value is -2.01. The van der Waals surface area contributed by atoms with Crippen molar-refractivity contribution in [2.45, 2.75) is 32.6 Å². The minimum absolute atomic E-state index is 0.251. The molecule has 0 unspecified atom stereocenters. The number of aryl methyl sites for hydroxylation is 3. The normalized spacial score (nSPS) is 14.1. The van der Waals surface area contributed by atoms with Crippen LogP contribution in [-0.2, 0) is 12.8 Å². The van der Waals surface area contributed by atoms with Crippen LogP contribution in [0.3, 0.4) is 0 Å². The van der Waals surface area contributed by atoms with Crippen molar-refractivity contribution in [1.29, 1.82) is 0 Å². The predicted molar refractivity (Wildman–Crippen MR) is 88.5 cm³/mol. The number of hydrogen-bond donors (Lipinski definition) is 1. The van der Waals surface area contributed by atoms with Gasteiger partial charge in [-0.2, -0.15) is 0 Å². The molecule has 0 radical (unpaired) electrons. The van der Waals surface area contributed by atoms with Gasteiger partial charge in [0.15, 0.2) is 0 Å². The molecule has 2 heterocycles. The molecule has 0 bridgehead atoms. The maximum absolute atomic E-state index is 13.4. The van der Waals surface area contributed by atoms with Crippen LogP contribution in [-0.4, -0.2) is 9.97 Å². The van der Waals surface area contributed by atoms with Gasteiger partial charge < -0.3 is 5.32 Å². The Kier molecular flexibility index (Phi) is 3.30. The van der Waals surface area contributed by atoms with Crippen LogP contribution in [0.4, 0.5) is 15.9 Å². The van der Waals surface area contributed by atoms with E-state index in [2.05, 4.69) is 15.3 Å². The highest BCUT2D eigenvalue weighted by atomic mass is 32.1. The van der Waals surface area contributed by atoms with Gasteiger partial charge in [-0.15, -0.1) is 11.3 Å². The highest BCUT2D eigenvalue weighted by Crippen LogP contribution is 2.39. The second-order valence-corrected chi connectivity index (χ2v) is 6.73. The summed E-state index contributed by atoms with van der Waals surface area (Å²) in [6, 6.07) is 6.48. The summed E-state index contributed by atoms with van der Waals surface area (Å²) in [6.45, 7) is 1.90. The number of rotatable bonds is 2. The van der Waals surface area contributed by atoms with Crippen LogP contribution in [0.1, 0.15) is 29.1 Å². The minimum Gasteiger partial charge on any atom is -0.339 e. The first kappa shape index (κ1) is 13.6. The molecule has 3 nitrogen and oxygen atoms in total. The molecule has 0 aliphatic heterocycles. The summed E-state index contributed by atoms with van der Waals surface area (Å²) >= 11 is 1.78. The summed E-state index contributed by atoms with van der Waals surface area (Å²) in [7, 11) is 0. The Bertz CT molecular complexity index is 856. The molecule has 3 aromatic rings. The zero-order valence-electron chi connectivity index (χ0n) is 12.3. The smallest absolute Gasteiger partial charge is 0.143 e. The number of nitrogens with one attached hydrogen (secondary N) is 1. The van der Waals surface area contributed by atoms with Gasteiger partial charge in [-0.25, -0.2) is 14.4 Å². The quantitative estimate of drug-likeness (QED) is 0.741. The molecule has 1 aliphatic rings. The van der Waals surface area contributed by atoms with E-state index in [4.69, 9.17) is 0 Å². The third kappa shape index (κ3) is 2.35. The van der Waals surface area contributed by atoms with E-state index in [1.54, 1.807) is 17.4 Å². The van der Waals surface area contributed by atoms with Gasteiger partial charge in [-0.3, -0.25) is 0 Å². The lowest BCUT2D eigenvalue weighted by atomic mass is 9.97. The van der Waals surface area contributed by atoms with Gasteiger partial charge in [0.25, 0.3) is 0 Å². The highest BCUT2D eigenvalue weighted by Gasteiger charge is 2.20. The topological polar surface area (TPSA) is 37.8 Å². The van der Waals surface area contributed by atoms with Crippen LogP contribution in [0.15, 0.2) is 24.3 Å². The van der Waals surface area contributed by atoms with Crippen LogP contribution >= 0.6 is 11.3 Å². The molecule has 22 heavy (non-hydrogen) atoms. The lowest BCUT2D eigenvalue weighted by Gasteiger charge is -2.13. The van der Waals surface area contributed by atoms with Crippen molar-refractivity contribution in [2.75, 3.05) is 5.32 Å². The fraction of sp³-hybridized carbons (Fsp3) is 0.294. The number of halogens is 1. The summed E-state index contributed by atoms with van der Waals surface area (Å²) in [5.41, 5.74) is 2.10. The first-order chi connectivity index (χ1) is 10.7. The number of fused-ring (bicyclic) bond motifs is 3. The molecule has 0 amide bonds. The lowest BCUT2D eigenvalue weighted by molar-refractivity contribution is 0.628. The average Bonchev–Trinajstić information content (AvgIpc) is 2.85. The van der Waals surface area contributed by atoms with Crippen molar-refractivity contribution in [3.8, 4) is 0 Å². The summed E-state index contributed by atoms with van der Waals surface area (Å²) in [5, 5.41) is 4.40. The fourth-order valence-electron chi connectivity index (χ4n) is 3.06. The molecule has 2 aromatic heterocycles. The van der Waals surface area contributed by atoms with E-state index >= 15 is 0 Å². The Balaban J connectivity index is 1.87. The van der Waals surface area contributed by atoms with Gasteiger partial charge in [-0.1, -0.05) is 6.07 Å². The lowest BCUT2D eigenvalue weighted by Crippen LogP contribution is -2.02. The van der Waals surface area contributed by atoms with Crippen molar-refractivity contribution in [3.63, 3.8) is 0 Å². The number of anilines is 2. The average molecular weight is 313 g/mol. The maximum Gasteiger partial charge on any atom is 0.143 e. The van der Waals surface area contributed by atoms with E-state index in [0.29, 0.717) is 0 Å². The van der Waals surface area contributed by atoms with E-state index in [9.17, 15) is 4.39 Å². The Labute approximate surface area is 132 Å².